The molecule has 2 saturated heterocycles. The molecule has 0 saturated carbocycles. The van der Waals surface area contributed by atoms with E-state index < -0.39 is 0 Å². The molecule has 0 aliphatic carbocycles. The Morgan fingerprint density at radius 2 is 1.02 bits per heavy atom. The normalized spacial score (nSPS) is 16.7. The maximum atomic E-state index is 4.63. The molecule has 0 atom stereocenters. The molecule has 2 aliphatic heterocycles. The van der Waals surface area contributed by atoms with Crippen molar-refractivity contribution >= 4 is 45.6 Å². The zero-order valence-electron chi connectivity index (χ0n) is 23.4. The summed E-state index contributed by atoms with van der Waals surface area (Å²) >= 11 is 3.32. The second-order valence-electron chi connectivity index (χ2n) is 10.3. The number of nitrogens with zero attached hydrogens (tertiary/aromatic N) is 14. The summed E-state index contributed by atoms with van der Waals surface area (Å²) in [5.41, 5.74) is 3.32. The minimum absolute atomic E-state index is 0.727. The van der Waals surface area contributed by atoms with Gasteiger partial charge in [0.25, 0.3) is 0 Å². The number of anilines is 2. The molecule has 0 amide bonds. The molecule has 216 valence electrons. The van der Waals surface area contributed by atoms with Gasteiger partial charge in [-0.2, -0.15) is 9.03 Å². The van der Waals surface area contributed by atoms with Crippen molar-refractivity contribution in [3.05, 3.63) is 47.4 Å². The van der Waals surface area contributed by atoms with Crippen LogP contribution in [0.15, 0.2) is 47.4 Å². The molecule has 6 aromatic heterocycles. The molecule has 0 spiro atoms. The zero-order chi connectivity index (χ0) is 28.5. The van der Waals surface area contributed by atoms with E-state index >= 15 is 0 Å². The number of rotatable bonds is 4. The molecule has 0 unspecified atom stereocenters. The van der Waals surface area contributed by atoms with Gasteiger partial charge < -0.3 is 19.6 Å². The summed E-state index contributed by atoms with van der Waals surface area (Å²) in [5, 5.41) is 28.4. The minimum Gasteiger partial charge on any atom is -0.351 e. The van der Waals surface area contributed by atoms with Crippen LogP contribution in [0, 0.1) is 0 Å². The summed E-state index contributed by atoms with van der Waals surface area (Å²) in [6, 6.07) is 8.14. The lowest BCUT2D eigenvalue weighted by Crippen LogP contribution is -2.45. The monoisotopic (exact) mass is 602 g/mol. The fourth-order valence-electron chi connectivity index (χ4n) is 5.11. The number of aromatic nitrogens is 10. The average Bonchev–Trinajstić information content (AvgIpc) is 3.85. The number of hydrogen-bond donors (Lipinski definition) is 0. The predicted molar refractivity (Wildman–Crippen MR) is 163 cm³/mol. The first-order valence-electron chi connectivity index (χ1n) is 13.7. The van der Waals surface area contributed by atoms with Crippen LogP contribution in [0.5, 0.6) is 0 Å². The number of hydrogen-bond acceptors (Lipinski definition) is 14. The van der Waals surface area contributed by atoms with Gasteiger partial charge in [0.1, 0.15) is 11.4 Å². The van der Waals surface area contributed by atoms with Crippen LogP contribution in [0.1, 0.15) is 0 Å². The molecular formula is C26H30N14S2. The molecule has 2 fully saturated rings. The maximum Gasteiger partial charge on any atom is 0.222 e. The van der Waals surface area contributed by atoms with Crippen molar-refractivity contribution in [2.45, 2.75) is 0 Å². The number of fused-ring (bicyclic) bond motifs is 2. The molecule has 0 N–H and O–H groups in total. The van der Waals surface area contributed by atoms with Gasteiger partial charge >= 0.3 is 0 Å². The Morgan fingerprint density at radius 3 is 1.40 bits per heavy atom. The predicted octanol–water partition coefficient (Wildman–Crippen LogP) is 2.00. The molecule has 0 aromatic carbocycles. The summed E-state index contributed by atoms with van der Waals surface area (Å²) in [6.07, 6.45) is 3.73. The summed E-state index contributed by atoms with van der Waals surface area (Å²) in [4.78, 5) is 20.6. The van der Waals surface area contributed by atoms with E-state index in [-0.39, 0.29) is 0 Å². The van der Waals surface area contributed by atoms with E-state index in [1.165, 1.54) is 0 Å². The minimum atomic E-state index is 0.727. The number of piperazine rings is 2. The molecular weight excluding hydrogens is 573 g/mol. The largest absolute Gasteiger partial charge is 0.351 e. The average molecular weight is 603 g/mol. The van der Waals surface area contributed by atoms with Crippen molar-refractivity contribution in [2.24, 2.45) is 0 Å². The van der Waals surface area contributed by atoms with Crippen LogP contribution < -0.4 is 9.80 Å². The van der Waals surface area contributed by atoms with Crippen LogP contribution in [0.25, 0.3) is 32.4 Å². The summed E-state index contributed by atoms with van der Waals surface area (Å²) in [7, 11) is 4.28. The summed E-state index contributed by atoms with van der Waals surface area (Å²) in [5.74, 6) is 1.74. The van der Waals surface area contributed by atoms with Crippen molar-refractivity contribution in [3.8, 4) is 21.1 Å². The van der Waals surface area contributed by atoms with E-state index in [9.17, 15) is 0 Å². The maximum absolute atomic E-state index is 4.63. The van der Waals surface area contributed by atoms with Crippen LogP contribution in [0.3, 0.4) is 0 Å². The smallest absolute Gasteiger partial charge is 0.222 e. The highest BCUT2D eigenvalue weighted by atomic mass is 32.1. The second-order valence-corrected chi connectivity index (χ2v) is 12.2. The van der Waals surface area contributed by atoms with Crippen LogP contribution in [0.4, 0.5) is 11.6 Å². The van der Waals surface area contributed by atoms with Crippen molar-refractivity contribution in [3.63, 3.8) is 0 Å². The van der Waals surface area contributed by atoms with Gasteiger partial charge in [-0.15, -0.1) is 32.9 Å². The molecule has 8 rings (SSSR count). The molecule has 0 radical (unpaired) electrons. The van der Waals surface area contributed by atoms with Crippen LogP contribution >= 0.6 is 22.7 Å². The van der Waals surface area contributed by atoms with Gasteiger partial charge in [0.2, 0.25) is 11.3 Å². The van der Waals surface area contributed by atoms with Crippen molar-refractivity contribution in [1.29, 1.82) is 0 Å². The van der Waals surface area contributed by atoms with Crippen molar-refractivity contribution in [1.82, 2.24) is 59.8 Å². The van der Waals surface area contributed by atoms with Gasteiger partial charge in [-0.25, -0.2) is 9.97 Å². The van der Waals surface area contributed by atoms with Crippen molar-refractivity contribution in [2.75, 3.05) is 76.3 Å². The van der Waals surface area contributed by atoms with Gasteiger partial charge in [0.15, 0.2) is 11.6 Å². The van der Waals surface area contributed by atoms with Crippen LogP contribution in [-0.4, -0.2) is 126 Å². The topological polar surface area (TPSA) is 125 Å². The highest BCUT2D eigenvalue weighted by molar-refractivity contribution is 7.13. The van der Waals surface area contributed by atoms with Gasteiger partial charge in [-0.05, 0) is 57.8 Å². The van der Waals surface area contributed by atoms with Crippen molar-refractivity contribution < 1.29 is 0 Å². The highest BCUT2D eigenvalue weighted by Gasteiger charge is 2.22. The second kappa shape index (κ2) is 11.6. The summed E-state index contributed by atoms with van der Waals surface area (Å²) < 4.78 is 3.57. The van der Waals surface area contributed by atoms with E-state index in [2.05, 4.69) is 86.8 Å². The van der Waals surface area contributed by atoms with E-state index in [0.717, 1.165) is 96.4 Å². The first-order chi connectivity index (χ1) is 20.7. The highest BCUT2D eigenvalue weighted by Crippen LogP contribution is 2.28. The number of likely N-dealkylation sites (N-methyl/N-ethyl adjacent to an activating group) is 2. The Bertz CT molecular complexity index is 1620. The fourth-order valence-corrected chi connectivity index (χ4v) is 6.56. The zero-order valence-corrected chi connectivity index (χ0v) is 25.0. The standard InChI is InChI=1S/2C13H15N7S/c2*1-18-4-6-19(7-5-18)12-13-15-16-17-20(13)10(9-14-12)11-3-2-8-21-11/h2*2-3,8-9H,4-7H2,1H3. The Morgan fingerprint density at radius 1 is 0.595 bits per heavy atom. The lowest BCUT2D eigenvalue weighted by atomic mass is 10.3. The van der Waals surface area contributed by atoms with Gasteiger partial charge in [-0.1, -0.05) is 12.1 Å². The molecule has 2 aliphatic rings. The van der Waals surface area contributed by atoms with Gasteiger partial charge in [0.05, 0.1) is 22.1 Å². The molecule has 16 heteroatoms. The third kappa shape index (κ3) is 5.17. The lowest BCUT2D eigenvalue weighted by Gasteiger charge is -2.33. The molecule has 0 bridgehead atoms. The molecule has 14 nitrogen and oxygen atoms in total. The third-order valence-electron chi connectivity index (χ3n) is 7.57. The fraction of sp³-hybridized carbons (Fsp3) is 0.385. The summed E-state index contributed by atoms with van der Waals surface area (Å²) in [6.45, 7) is 7.91. The van der Waals surface area contributed by atoms with Crippen LogP contribution in [-0.2, 0) is 0 Å². The van der Waals surface area contributed by atoms with E-state index in [4.69, 9.17) is 0 Å². The van der Waals surface area contributed by atoms with E-state index in [1.54, 1.807) is 31.7 Å². The Kier molecular flexibility index (Phi) is 7.41. The molecule has 8 heterocycles. The van der Waals surface area contributed by atoms with E-state index in [1.807, 2.05) is 35.3 Å². The SMILES string of the molecule is CN1CCN(c2ncc(-c3cccs3)n3nnnc23)CC1.CN1CCN(c2ncc(-c3cccs3)n3nnnc23)CC1. The molecule has 42 heavy (non-hydrogen) atoms. The Labute approximate surface area is 249 Å². The number of tetrazole rings is 2. The lowest BCUT2D eigenvalue weighted by molar-refractivity contribution is 0.312. The Balaban J connectivity index is 0.000000137. The first kappa shape index (κ1) is 26.8. The van der Waals surface area contributed by atoms with Gasteiger partial charge in [-0.3, -0.25) is 0 Å². The van der Waals surface area contributed by atoms with Gasteiger partial charge in [0, 0.05) is 52.4 Å². The Hall–Kier alpha value is -4.12. The van der Waals surface area contributed by atoms with Crippen LogP contribution in [0.2, 0.25) is 0 Å². The number of thiophene rings is 2. The first-order valence-corrected chi connectivity index (χ1v) is 15.5. The molecule has 6 aromatic rings. The quantitative estimate of drug-likeness (QED) is 0.293. The van der Waals surface area contributed by atoms with E-state index in [0.29, 0.717) is 0 Å². The third-order valence-corrected chi connectivity index (χ3v) is 9.35.